The molecule has 2 amide bonds. The maximum absolute atomic E-state index is 12.4. The van der Waals surface area contributed by atoms with Crippen LogP contribution in [-0.4, -0.2) is 63.9 Å². The summed E-state index contributed by atoms with van der Waals surface area (Å²) in [6.07, 6.45) is -0.649. The number of rotatable bonds is 11. The molecule has 0 unspecified atom stereocenters. The molecule has 1 atom stereocenters. The lowest BCUT2D eigenvalue weighted by atomic mass is 10.1. The summed E-state index contributed by atoms with van der Waals surface area (Å²) in [6, 6.07) is 10.1. The van der Waals surface area contributed by atoms with E-state index in [1.54, 1.807) is 57.2 Å². The van der Waals surface area contributed by atoms with Crippen molar-refractivity contribution in [1.29, 1.82) is 0 Å². The van der Waals surface area contributed by atoms with E-state index in [0.29, 0.717) is 36.6 Å². The van der Waals surface area contributed by atoms with Gasteiger partial charge in [-0.3, -0.25) is 9.59 Å². The number of alkyl carbamates (subject to hydrolysis) is 1. The summed E-state index contributed by atoms with van der Waals surface area (Å²) >= 11 is 0. The fourth-order valence-electron chi connectivity index (χ4n) is 2.82. The van der Waals surface area contributed by atoms with E-state index in [9.17, 15) is 19.2 Å². The third-order valence-electron chi connectivity index (χ3n) is 4.37. The maximum atomic E-state index is 12.4. The minimum Gasteiger partial charge on any atom is -0.494 e. The molecule has 1 aromatic heterocycles. The van der Waals surface area contributed by atoms with Crippen molar-refractivity contribution in [2.24, 2.45) is 0 Å². The summed E-state index contributed by atoms with van der Waals surface area (Å²) in [6.45, 7) is 6.15. The van der Waals surface area contributed by atoms with Crippen LogP contribution in [0.5, 0.6) is 5.75 Å². The second-order valence-electron chi connectivity index (χ2n) is 8.53. The number of aromatic nitrogens is 1. The van der Waals surface area contributed by atoms with Crippen molar-refractivity contribution in [2.45, 2.75) is 45.3 Å². The standard InChI is InChI=1S/C24H29N3O8/c1-24(2,3)35-23(33)25-12-5-13-34-16-10-8-15(9-11-16)17-6-4-7-18(26-17)21(30)27-19(22(31)32)14-20(28)29/h4,6-11,19H,5,12-14H2,1-3H3,(H,25,33)(H,27,30)(H,28,29)(H,31,32)/t19-/m0/s1. The van der Waals surface area contributed by atoms with Crippen LogP contribution in [0.4, 0.5) is 4.79 Å². The monoisotopic (exact) mass is 487 g/mol. The second kappa shape index (κ2) is 12.4. The van der Waals surface area contributed by atoms with E-state index in [4.69, 9.17) is 19.7 Å². The molecule has 11 nitrogen and oxygen atoms in total. The van der Waals surface area contributed by atoms with Crippen LogP contribution in [-0.2, 0) is 14.3 Å². The summed E-state index contributed by atoms with van der Waals surface area (Å²) in [5.74, 6) is -2.98. The van der Waals surface area contributed by atoms with Gasteiger partial charge in [-0.05, 0) is 63.6 Å². The van der Waals surface area contributed by atoms with E-state index < -0.39 is 42.0 Å². The van der Waals surface area contributed by atoms with Crippen molar-refractivity contribution < 1.29 is 38.9 Å². The molecule has 11 heteroatoms. The zero-order valence-electron chi connectivity index (χ0n) is 19.7. The molecule has 4 N–H and O–H groups in total. The minimum atomic E-state index is -1.57. The molecule has 0 aliphatic heterocycles. The number of aliphatic carboxylic acids is 2. The van der Waals surface area contributed by atoms with E-state index in [0.717, 1.165) is 0 Å². The molecule has 188 valence electrons. The first-order valence-electron chi connectivity index (χ1n) is 10.9. The lowest BCUT2D eigenvalue weighted by Gasteiger charge is -2.19. The number of nitrogens with zero attached hydrogens (tertiary/aromatic N) is 1. The predicted octanol–water partition coefficient (Wildman–Crippen LogP) is 2.70. The SMILES string of the molecule is CC(C)(C)OC(=O)NCCCOc1ccc(-c2cccc(C(=O)N[C@@H](CC(=O)O)C(=O)O)n2)cc1. The maximum Gasteiger partial charge on any atom is 0.407 e. The van der Waals surface area contributed by atoms with E-state index >= 15 is 0 Å². The van der Waals surface area contributed by atoms with Crippen LogP contribution < -0.4 is 15.4 Å². The Morgan fingerprint density at radius 2 is 1.71 bits per heavy atom. The molecular formula is C24H29N3O8. The normalized spacial score (nSPS) is 11.7. The van der Waals surface area contributed by atoms with Gasteiger partial charge >= 0.3 is 18.0 Å². The van der Waals surface area contributed by atoms with Gasteiger partial charge in [0.25, 0.3) is 5.91 Å². The van der Waals surface area contributed by atoms with E-state index in [2.05, 4.69) is 15.6 Å². The summed E-state index contributed by atoms with van der Waals surface area (Å²) in [5, 5.41) is 22.7. The van der Waals surface area contributed by atoms with Crippen LogP contribution in [0.25, 0.3) is 11.3 Å². The summed E-state index contributed by atoms with van der Waals surface area (Å²) in [5.41, 5.74) is 0.564. The minimum absolute atomic E-state index is 0.0445. The van der Waals surface area contributed by atoms with Crippen LogP contribution >= 0.6 is 0 Å². The molecule has 1 heterocycles. The number of carboxylic acids is 2. The molecule has 0 spiro atoms. The predicted molar refractivity (Wildman–Crippen MR) is 125 cm³/mol. The highest BCUT2D eigenvalue weighted by atomic mass is 16.6. The lowest BCUT2D eigenvalue weighted by Crippen LogP contribution is -2.42. The van der Waals surface area contributed by atoms with E-state index in [1.165, 1.54) is 6.07 Å². The number of ether oxygens (including phenoxy) is 2. The molecule has 0 saturated carbocycles. The first kappa shape index (κ1) is 27.1. The van der Waals surface area contributed by atoms with Gasteiger partial charge in [-0.15, -0.1) is 0 Å². The van der Waals surface area contributed by atoms with Crippen molar-refractivity contribution in [3.63, 3.8) is 0 Å². The van der Waals surface area contributed by atoms with Crippen molar-refractivity contribution in [1.82, 2.24) is 15.6 Å². The molecular weight excluding hydrogens is 458 g/mol. The number of carbonyl (C=O) groups excluding carboxylic acids is 2. The van der Waals surface area contributed by atoms with Crippen molar-refractivity contribution >= 4 is 23.9 Å². The van der Waals surface area contributed by atoms with Crippen molar-refractivity contribution in [3.05, 3.63) is 48.2 Å². The Bertz CT molecular complexity index is 1050. The molecule has 0 aliphatic rings. The summed E-state index contributed by atoms with van der Waals surface area (Å²) in [4.78, 5) is 50.2. The molecule has 2 aromatic rings. The first-order chi connectivity index (χ1) is 16.4. The van der Waals surface area contributed by atoms with Crippen LogP contribution in [0, 0.1) is 0 Å². The molecule has 0 aliphatic carbocycles. The van der Waals surface area contributed by atoms with Gasteiger partial charge in [0.05, 0.1) is 18.7 Å². The fourth-order valence-corrected chi connectivity index (χ4v) is 2.82. The number of carboxylic acid groups (broad SMARTS) is 2. The van der Waals surface area contributed by atoms with Crippen molar-refractivity contribution in [3.8, 4) is 17.0 Å². The Labute approximate surface area is 202 Å². The molecule has 1 aromatic carbocycles. The molecule has 2 rings (SSSR count). The second-order valence-corrected chi connectivity index (χ2v) is 8.53. The quantitative estimate of drug-likeness (QED) is 0.349. The Balaban J connectivity index is 1.90. The fraction of sp³-hybridized carbons (Fsp3) is 0.375. The third-order valence-corrected chi connectivity index (χ3v) is 4.37. The molecule has 35 heavy (non-hydrogen) atoms. The van der Waals surface area contributed by atoms with Gasteiger partial charge in [-0.1, -0.05) is 6.07 Å². The number of pyridine rings is 1. The number of carbonyl (C=O) groups is 4. The largest absolute Gasteiger partial charge is 0.494 e. The highest BCUT2D eigenvalue weighted by Crippen LogP contribution is 2.21. The van der Waals surface area contributed by atoms with Crippen LogP contribution in [0.3, 0.4) is 0 Å². The van der Waals surface area contributed by atoms with Gasteiger partial charge in [0, 0.05) is 12.1 Å². The number of hydrogen-bond donors (Lipinski definition) is 4. The molecule has 0 fully saturated rings. The molecule has 0 radical (unpaired) electrons. The zero-order valence-corrected chi connectivity index (χ0v) is 19.7. The summed E-state index contributed by atoms with van der Waals surface area (Å²) in [7, 11) is 0. The van der Waals surface area contributed by atoms with Gasteiger partial charge in [0.1, 0.15) is 23.1 Å². The first-order valence-corrected chi connectivity index (χ1v) is 10.9. The van der Waals surface area contributed by atoms with E-state index in [-0.39, 0.29) is 5.69 Å². The number of benzene rings is 1. The third kappa shape index (κ3) is 9.70. The van der Waals surface area contributed by atoms with Gasteiger partial charge in [0.15, 0.2) is 0 Å². The van der Waals surface area contributed by atoms with Gasteiger partial charge in [0.2, 0.25) is 0 Å². The van der Waals surface area contributed by atoms with Crippen molar-refractivity contribution in [2.75, 3.05) is 13.2 Å². The Hall–Kier alpha value is -4.15. The van der Waals surface area contributed by atoms with Gasteiger partial charge < -0.3 is 30.3 Å². The molecule has 0 saturated heterocycles. The summed E-state index contributed by atoms with van der Waals surface area (Å²) < 4.78 is 10.8. The Morgan fingerprint density at radius 3 is 2.31 bits per heavy atom. The number of nitrogens with one attached hydrogen (secondary N) is 2. The van der Waals surface area contributed by atoms with Crippen LogP contribution in [0.15, 0.2) is 42.5 Å². The number of hydrogen-bond acceptors (Lipinski definition) is 7. The Kier molecular flexibility index (Phi) is 9.56. The topological polar surface area (TPSA) is 164 Å². The zero-order chi connectivity index (χ0) is 26.0. The highest BCUT2D eigenvalue weighted by molar-refractivity contribution is 5.96. The molecule has 0 bridgehead atoms. The van der Waals surface area contributed by atoms with Crippen LogP contribution in [0.1, 0.15) is 44.1 Å². The Morgan fingerprint density at radius 1 is 1.03 bits per heavy atom. The van der Waals surface area contributed by atoms with Crippen LogP contribution in [0.2, 0.25) is 0 Å². The van der Waals surface area contributed by atoms with E-state index in [1.807, 2.05) is 0 Å². The average Bonchev–Trinajstić information content (AvgIpc) is 2.77. The average molecular weight is 488 g/mol. The van der Waals surface area contributed by atoms with Gasteiger partial charge in [-0.2, -0.15) is 0 Å². The number of amides is 2. The highest BCUT2D eigenvalue weighted by Gasteiger charge is 2.24. The lowest BCUT2D eigenvalue weighted by molar-refractivity contribution is -0.145. The smallest absolute Gasteiger partial charge is 0.407 e. The van der Waals surface area contributed by atoms with Gasteiger partial charge in [-0.25, -0.2) is 14.6 Å².